The van der Waals surface area contributed by atoms with Crippen LogP contribution in [-0.2, 0) is 4.79 Å². The predicted octanol–water partition coefficient (Wildman–Crippen LogP) is 0.0423. The van der Waals surface area contributed by atoms with Crippen LogP contribution in [0.4, 0.5) is 0 Å². The van der Waals surface area contributed by atoms with E-state index in [2.05, 4.69) is 16.3 Å². The van der Waals surface area contributed by atoms with Crippen LogP contribution < -0.4 is 5.32 Å². The van der Waals surface area contributed by atoms with E-state index in [1.807, 2.05) is 13.8 Å². The Bertz CT molecular complexity index is 277. The third-order valence-corrected chi connectivity index (χ3v) is 3.23. The molecule has 5 heteroatoms. The van der Waals surface area contributed by atoms with Gasteiger partial charge in [0.05, 0.1) is 12.5 Å². The average Bonchev–Trinajstić information content (AvgIpc) is 2.38. The van der Waals surface area contributed by atoms with Gasteiger partial charge < -0.3 is 10.2 Å². The van der Waals surface area contributed by atoms with Gasteiger partial charge in [0.25, 0.3) is 0 Å². The van der Waals surface area contributed by atoms with E-state index in [0.717, 1.165) is 39.3 Å². The maximum atomic E-state index is 11.9. The number of nitrogens with one attached hydrogen (secondary N) is 1. The third kappa shape index (κ3) is 3.99. The first-order valence-corrected chi connectivity index (χ1v) is 6.35. The van der Waals surface area contributed by atoms with Crippen LogP contribution in [0.15, 0.2) is 0 Å². The van der Waals surface area contributed by atoms with Crippen LogP contribution in [-0.4, -0.2) is 61.0 Å². The van der Waals surface area contributed by atoms with Crippen molar-refractivity contribution >= 4 is 5.91 Å². The number of amides is 1. The molecule has 5 nitrogen and oxygen atoms in total. The number of carbonyl (C=O) groups excluding carboxylic acids is 1. The fraction of sp³-hybridized carbons (Fsp3) is 0.833. The molecule has 0 spiro atoms. The SMILES string of the molecule is CCN(CC)C(=O)CC(C#N)N1CCNCC1. The zero-order chi connectivity index (χ0) is 12.7. The summed E-state index contributed by atoms with van der Waals surface area (Å²) < 4.78 is 0. The molecule has 1 amide bonds. The van der Waals surface area contributed by atoms with Gasteiger partial charge in [-0.15, -0.1) is 0 Å². The van der Waals surface area contributed by atoms with E-state index in [9.17, 15) is 10.1 Å². The molecule has 1 aliphatic heterocycles. The lowest BCUT2D eigenvalue weighted by Gasteiger charge is -2.31. The van der Waals surface area contributed by atoms with Gasteiger partial charge in [0, 0.05) is 39.3 Å². The Balaban J connectivity index is 2.51. The Morgan fingerprint density at radius 1 is 1.41 bits per heavy atom. The number of carbonyl (C=O) groups is 1. The molecule has 1 N–H and O–H groups in total. The number of nitriles is 1. The first kappa shape index (κ1) is 13.9. The van der Waals surface area contributed by atoms with E-state index < -0.39 is 0 Å². The van der Waals surface area contributed by atoms with Crippen molar-refractivity contribution in [2.45, 2.75) is 26.3 Å². The number of hydrogen-bond donors (Lipinski definition) is 1. The van der Waals surface area contributed by atoms with Gasteiger partial charge >= 0.3 is 0 Å². The van der Waals surface area contributed by atoms with Crippen LogP contribution in [0.5, 0.6) is 0 Å². The molecule has 1 heterocycles. The Kier molecular flexibility index (Phi) is 5.95. The zero-order valence-electron chi connectivity index (χ0n) is 10.8. The molecular formula is C12H22N4O. The number of hydrogen-bond acceptors (Lipinski definition) is 4. The van der Waals surface area contributed by atoms with Crippen molar-refractivity contribution in [2.24, 2.45) is 0 Å². The van der Waals surface area contributed by atoms with Gasteiger partial charge in [-0.1, -0.05) is 0 Å². The monoisotopic (exact) mass is 238 g/mol. The molecule has 1 rings (SSSR count). The molecule has 0 aromatic carbocycles. The molecular weight excluding hydrogens is 216 g/mol. The van der Waals surface area contributed by atoms with Gasteiger partial charge in [-0.2, -0.15) is 5.26 Å². The van der Waals surface area contributed by atoms with Crippen molar-refractivity contribution in [1.29, 1.82) is 5.26 Å². The Morgan fingerprint density at radius 3 is 2.47 bits per heavy atom. The van der Waals surface area contributed by atoms with E-state index in [0.29, 0.717) is 6.42 Å². The molecule has 17 heavy (non-hydrogen) atoms. The molecule has 0 bridgehead atoms. The van der Waals surface area contributed by atoms with E-state index in [1.54, 1.807) is 4.90 Å². The van der Waals surface area contributed by atoms with Crippen molar-refractivity contribution < 1.29 is 4.79 Å². The molecule has 0 saturated carbocycles. The number of nitrogens with zero attached hydrogens (tertiary/aromatic N) is 3. The van der Waals surface area contributed by atoms with Crippen LogP contribution >= 0.6 is 0 Å². The van der Waals surface area contributed by atoms with Crippen molar-refractivity contribution in [3.8, 4) is 6.07 Å². The second-order valence-corrected chi connectivity index (χ2v) is 4.20. The highest BCUT2D eigenvalue weighted by atomic mass is 16.2. The van der Waals surface area contributed by atoms with Crippen LogP contribution in [0.25, 0.3) is 0 Å². The predicted molar refractivity (Wildman–Crippen MR) is 66.4 cm³/mol. The van der Waals surface area contributed by atoms with Gasteiger partial charge in [-0.05, 0) is 13.8 Å². The minimum atomic E-state index is -0.273. The fourth-order valence-electron chi connectivity index (χ4n) is 2.12. The van der Waals surface area contributed by atoms with Crippen molar-refractivity contribution in [3.05, 3.63) is 0 Å². The van der Waals surface area contributed by atoms with Crippen molar-refractivity contribution in [2.75, 3.05) is 39.3 Å². The summed E-state index contributed by atoms with van der Waals surface area (Å²) in [5.41, 5.74) is 0. The summed E-state index contributed by atoms with van der Waals surface area (Å²) in [6, 6.07) is 1.98. The normalized spacial score (nSPS) is 18.4. The summed E-state index contributed by atoms with van der Waals surface area (Å²) in [4.78, 5) is 15.8. The summed E-state index contributed by atoms with van der Waals surface area (Å²) in [5.74, 6) is 0.0834. The lowest BCUT2D eigenvalue weighted by atomic mass is 10.1. The summed E-state index contributed by atoms with van der Waals surface area (Å²) >= 11 is 0. The molecule has 0 radical (unpaired) electrons. The van der Waals surface area contributed by atoms with E-state index in [4.69, 9.17) is 0 Å². The highest BCUT2D eigenvalue weighted by Crippen LogP contribution is 2.07. The van der Waals surface area contributed by atoms with Crippen LogP contribution in [0.1, 0.15) is 20.3 Å². The molecule has 1 aliphatic rings. The van der Waals surface area contributed by atoms with Gasteiger partial charge in [0.15, 0.2) is 0 Å². The average molecular weight is 238 g/mol. The Labute approximate surface area is 103 Å². The highest BCUT2D eigenvalue weighted by molar-refractivity contribution is 5.77. The van der Waals surface area contributed by atoms with Gasteiger partial charge in [-0.25, -0.2) is 0 Å². The van der Waals surface area contributed by atoms with Gasteiger partial charge in [0.2, 0.25) is 5.91 Å². The second kappa shape index (κ2) is 7.25. The Morgan fingerprint density at radius 2 is 2.00 bits per heavy atom. The molecule has 96 valence electrons. The van der Waals surface area contributed by atoms with Crippen LogP contribution in [0.2, 0.25) is 0 Å². The number of piperazine rings is 1. The van der Waals surface area contributed by atoms with Gasteiger partial charge in [0.1, 0.15) is 6.04 Å². The smallest absolute Gasteiger partial charge is 0.225 e. The maximum absolute atomic E-state index is 11.9. The molecule has 1 saturated heterocycles. The molecule has 1 unspecified atom stereocenters. The lowest BCUT2D eigenvalue weighted by Crippen LogP contribution is -2.49. The van der Waals surface area contributed by atoms with E-state index in [1.165, 1.54) is 0 Å². The molecule has 0 aliphatic carbocycles. The zero-order valence-corrected chi connectivity index (χ0v) is 10.8. The maximum Gasteiger partial charge on any atom is 0.225 e. The van der Waals surface area contributed by atoms with E-state index in [-0.39, 0.29) is 11.9 Å². The van der Waals surface area contributed by atoms with Crippen LogP contribution in [0, 0.1) is 11.3 Å². The number of rotatable bonds is 5. The minimum absolute atomic E-state index is 0.0834. The highest BCUT2D eigenvalue weighted by Gasteiger charge is 2.24. The Hall–Kier alpha value is -1.12. The molecule has 1 atom stereocenters. The molecule has 1 fully saturated rings. The van der Waals surface area contributed by atoms with Gasteiger partial charge in [-0.3, -0.25) is 9.69 Å². The minimum Gasteiger partial charge on any atom is -0.343 e. The first-order valence-electron chi connectivity index (χ1n) is 6.35. The molecule has 0 aromatic rings. The standard InChI is InChI=1S/C12H22N4O/c1-3-15(4-2)12(17)9-11(10-13)16-7-5-14-6-8-16/h11,14H,3-9H2,1-2H3. The van der Waals surface area contributed by atoms with Crippen LogP contribution in [0.3, 0.4) is 0 Å². The third-order valence-electron chi connectivity index (χ3n) is 3.23. The van der Waals surface area contributed by atoms with Crippen molar-refractivity contribution in [3.63, 3.8) is 0 Å². The topological polar surface area (TPSA) is 59.4 Å². The van der Waals surface area contributed by atoms with Crippen molar-refractivity contribution in [1.82, 2.24) is 15.1 Å². The first-order chi connectivity index (χ1) is 8.22. The molecule has 0 aromatic heterocycles. The summed E-state index contributed by atoms with van der Waals surface area (Å²) in [7, 11) is 0. The summed E-state index contributed by atoms with van der Waals surface area (Å²) in [6.45, 7) is 8.87. The summed E-state index contributed by atoms with van der Waals surface area (Å²) in [6.07, 6.45) is 0.318. The largest absolute Gasteiger partial charge is 0.343 e. The van der Waals surface area contributed by atoms with E-state index >= 15 is 0 Å². The fourth-order valence-corrected chi connectivity index (χ4v) is 2.12. The summed E-state index contributed by atoms with van der Waals surface area (Å²) in [5, 5.41) is 12.4. The quantitative estimate of drug-likeness (QED) is 0.735. The second-order valence-electron chi connectivity index (χ2n) is 4.20. The lowest BCUT2D eigenvalue weighted by molar-refractivity contribution is -0.131.